The molecule has 0 fully saturated rings. The van der Waals surface area contributed by atoms with E-state index >= 15 is 0 Å². The molecule has 1 aromatic heterocycles. The highest BCUT2D eigenvalue weighted by Gasteiger charge is 2.42. The summed E-state index contributed by atoms with van der Waals surface area (Å²) in [7, 11) is 0. The quantitative estimate of drug-likeness (QED) is 0.658. The molecule has 0 bridgehead atoms. The summed E-state index contributed by atoms with van der Waals surface area (Å²) >= 11 is 1.53. The lowest BCUT2D eigenvalue weighted by molar-refractivity contribution is -0.116. The molecule has 2 aliphatic rings. The number of anilines is 1. The third kappa shape index (κ3) is 3.45. The summed E-state index contributed by atoms with van der Waals surface area (Å²) in [6, 6.07) is 9.61. The SMILES string of the molecule is CC(C)(C)c1ccc(C2C(C#N)=C(N)N(c3c(F)cccc3F)C3=C2C(=O)CCC3)s1. The number of hydrogen-bond acceptors (Lipinski definition) is 5. The first-order chi connectivity index (χ1) is 14.6. The predicted octanol–water partition coefficient (Wildman–Crippen LogP) is 5.63. The summed E-state index contributed by atoms with van der Waals surface area (Å²) in [6.45, 7) is 6.29. The van der Waals surface area contributed by atoms with E-state index in [2.05, 4.69) is 26.8 Å². The van der Waals surface area contributed by atoms with Gasteiger partial charge in [-0.3, -0.25) is 9.69 Å². The first-order valence-electron chi connectivity index (χ1n) is 10.2. The minimum Gasteiger partial charge on any atom is -0.384 e. The summed E-state index contributed by atoms with van der Waals surface area (Å²) in [4.78, 5) is 16.3. The highest BCUT2D eigenvalue weighted by Crippen LogP contribution is 2.49. The Morgan fingerprint density at radius 3 is 2.42 bits per heavy atom. The van der Waals surface area contributed by atoms with Crippen LogP contribution in [0.2, 0.25) is 0 Å². The van der Waals surface area contributed by atoms with Crippen molar-refractivity contribution in [1.82, 2.24) is 0 Å². The van der Waals surface area contributed by atoms with Crippen molar-refractivity contribution >= 4 is 22.8 Å². The van der Waals surface area contributed by atoms with Gasteiger partial charge < -0.3 is 5.73 Å². The number of nitrogens with two attached hydrogens (primary N) is 1. The number of Topliss-reactive ketones (excluding diaryl/α,β-unsaturated/α-hetero) is 1. The maximum absolute atomic E-state index is 14.7. The molecule has 0 amide bonds. The number of carbonyl (C=O) groups is 1. The van der Waals surface area contributed by atoms with Crippen LogP contribution in [-0.4, -0.2) is 5.78 Å². The van der Waals surface area contributed by atoms with Gasteiger partial charge in [-0.25, -0.2) is 8.78 Å². The number of allylic oxidation sites excluding steroid dienone is 3. The molecule has 7 heteroatoms. The molecule has 160 valence electrons. The Morgan fingerprint density at radius 1 is 1.16 bits per heavy atom. The molecule has 1 unspecified atom stereocenters. The highest BCUT2D eigenvalue weighted by atomic mass is 32.1. The van der Waals surface area contributed by atoms with E-state index in [4.69, 9.17) is 5.73 Å². The van der Waals surface area contributed by atoms with E-state index in [1.165, 1.54) is 22.3 Å². The lowest BCUT2D eigenvalue weighted by Gasteiger charge is -2.39. The lowest BCUT2D eigenvalue weighted by Crippen LogP contribution is -2.39. The first-order valence-corrected chi connectivity index (χ1v) is 11.0. The molecule has 4 rings (SSSR count). The number of halogens is 2. The number of benzene rings is 1. The van der Waals surface area contributed by atoms with Crippen LogP contribution in [0.15, 0.2) is 53.0 Å². The van der Waals surface area contributed by atoms with Crippen LogP contribution in [0.3, 0.4) is 0 Å². The van der Waals surface area contributed by atoms with E-state index in [9.17, 15) is 18.8 Å². The van der Waals surface area contributed by atoms with Crippen molar-refractivity contribution in [3.8, 4) is 6.07 Å². The standard InChI is InChI=1S/C24H23F2N3OS/c1-24(2,3)19-11-10-18(31-19)20-13(12-27)23(28)29(16-8-5-9-17(30)21(16)20)22-14(25)6-4-7-15(22)26/h4,6-7,10-11,20H,5,8-9,28H2,1-3H3. The molecule has 1 aliphatic carbocycles. The average molecular weight is 440 g/mol. The summed E-state index contributed by atoms with van der Waals surface area (Å²) in [5, 5.41) is 10.0. The van der Waals surface area contributed by atoms with Gasteiger partial charge in [0, 0.05) is 27.4 Å². The smallest absolute Gasteiger partial charge is 0.161 e. The van der Waals surface area contributed by atoms with E-state index in [1.807, 2.05) is 12.1 Å². The van der Waals surface area contributed by atoms with Gasteiger partial charge in [0.1, 0.15) is 23.1 Å². The van der Waals surface area contributed by atoms with E-state index in [0.29, 0.717) is 30.5 Å². The monoisotopic (exact) mass is 439 g/mol. The van der Waals surface area contributed by atoms with Crippen LogP contribution < -0.4 is 10.6 Å². The fourth-order valence-electron chi connectivity index (χ4n) is 4.24. The second-order valence-electron chi connectivity index (χ2n) is 8.84. The van der Waals surface area contributed by atoms with Gasteiger partial charge in [0.2, 0.25) is 0 Å². The Balaban J connectivity index is 1.98. The third-order valence-electron chi connectivity index (χ3n) is 5.72. The normalized spacial score (nSPS) is 19.5. The molecule has 0 saturated heterocycles. The number of para-hydroxylation sites is 1. The van der Waals surface area contributed by atoms with E-state index in [-0.39, 0.29) is 28.3 Å². The second kappa shape index (κ2) is 7.61. The van der Waals surface area contributed by atoms with E-state index in [1.54, 1.807) is 0 Å². The van der Waals surface area contributed by atoms with Gasteiger partial charge in [0.05, 0.1) is 17.6 Å². The molecule has 4 nitrogen and oxygen atoms in total. The fraction of sp³-hybridized carbons (Fsp3) is 0.333. The zero-order chi connectivity index (χ0) is 22.5. The summed E-state index contributed by atoms with van der Waals surface area (Å²) in [5.74, 6) is -2.36. The molecular formula is C24H23F2N3OS. The summed E-state index contributed by atoms with van der Waals surface area (Å²) in [5.41, 5.74) is 6.98. The van der Waals surface area contributed by atoms with E-state index < -0.39 is 17.6 Å². The molecule has 0 spiro atoms. The largest absolute Gasteiger partial charge is 0.384 e. The molecule has 1 aromatic carbocycles. The first kappa shape index (κ1) is 21.3. The number of thiophene rings is 1. The van der Waals surface area contributed by atoms with Crippen LogP contribution in [0, 0.1) is 23.0 Å². The van der Waals surface area contributed by atoms with Crippen LogP contribution in [-0.2, 0) is 10.2 Å². The molecular weight excluding hydrogens is 416 g/mol. The van der Waals surface area contributed by atoms with Gasteiger partial charge in [-0.05, 0) is 42.5 Å². The molecule has 2 aromatic rings. The number of hydrogen-bond donors (Lipinski definition) is 1. The Bertz CT molecular complexity index is 1160. The van der Waals surface area contributed by atoms with Gasteiger partial charge >= 0.3 is 0 Å². The minimum absolute atomic E-state index is 0.0318. The van der Waals surface area contributed by atoms with Gasteiger partial charge in [-0.2, -0.15) is 5.26 Å². The molecule has 2 heterocycles. The Morgan fingerprint density at radius 2 is 1.84 bits per heavy atom. The average Bonchev–Trinajstić information content (AvgIpc) is 3.19. The molecule has 0 radical (unpaired) electrons. The maximum atomic E-state index is 14.7. The Labute approximate surface area is 184 Å². The highest BCUT2D eigenvalue weighted by molar-refractivity contribution is 7.12. The van der Waals surface area contributed by atoms with Gasteiger partial charge in [-0.15, -0.1) is 11.3 Å². The number of nitriles is 1. The van der Waals surface area contributed by atoms with Crippen LogP contribution >= 0.6 is 11.3 Å². The molecule has 1 aliphatic heterocycles. The van der Waals surface area contributed by atoms with Gasteiger partial charge in [-0.1, -0.05) is 26.8 Å². The Hall–Kier alpha value is -2.98. The molecule has 31 heavy (non-hydrogen) atoms. The maximum Gasteiger partial charge on any atom is 0.161 e. The lowest BCUT2D eigenvalue weighted by atomic mass is 9.78. The van der Waals surface area contributed by atoms with Crippen molar-refractivity contribution in [2.75, 3.05) is 4.90 Å². The topological polar surface area (TPSA) is 70.1 Å². The summed E-state index contributed by atoms with van der Waals surface area (Å²) < 4.78 is 29.4. The second-order valence-corrected chi connectivity index (χ2v) is 9.95. The minimum atomic E-state index is -0.797. The number of nitrogens with zero attached hydrogens (tertiary/aromatic N) is 2. The van der Waals surface area contributed by atoms with Crippen molar-refractivity contribution in [1.29, 1.82) is 5.26 Å². The fourth-order valence-corrected chi connectivity index (χ4v) is 5.43. The number of rotatable bonds is 2. The molecule has 1 atom stereocenters. The zero-order valence-electron chi connectivity index (χ0n) is 17.6. The zero-order valence-corrected chi connectivity index (χ0v) is 18.4. The Kier molecular flexibility index (Phi) is 5.22. The van der Waals surface area contributed by atoms with Crippen molar-refractivity contribution in [2.45, 2.75) is 51.4 Å². The molecule has 2 N–H and O–H groups in total. The summed E-state index contributed by atoms with van der Waals surface area (Å²) in [6.07, 6.45) is 1.34. The number of ketones is 1. The van der Waals surface area contributed by atoms with Crippen molar-refractivity contribution in [3.63, 3.8) is 0 Å². The molecule has 0 saturated carbocycles. The van der Waals surface area contributed by atoms with E-state index in [0.717, 1.165) is 21.9 Å². The van der Waals surface area contributed by atoms with Crippen LogP contribution in [0.25, 0.3) is 0 Å². The van der Waals surface area contributed by atoms with Crippen LogP contribution in [0.5, 0.6) is 0 Å². The predicted molar refractivity (Wildman–Crippen MR) is 117 cm³/mol. The third-order valence-corrected chi connectivity index (χ3v) is 7.30. The van der Waals surface area contributed by atoms with Gasteiger partial charge in [0.15, 0.2) is 5.78 Å². The van der Waals surface area contributed by atoms with Crippen molar-refractivity contribution in [2.24, 2.45) is 5.73 Å². The van der Waals surface area contributed by atoms with Crippen LogP contribution in [0.4, 0.5) is 14.5 Å². The number of carbonyl (C=O) groups excluding carboxylic acids is 1. The van der Waals surface area contributed by atoms with Crippen molar-refractivity contribution < 1.29 is 13.6 Å². The van der Waals surface area contributed by atoms with Gasteiger partial charge in [0.25, 0.3) is 0 Å². The van der Waals surface area contributed by atoms with Crippen LogP contribution in [0.1, 0.15) is 55.7 Å². The van der Waals surface area contributed by atoms with Crippen molar-refractivity contribution in [3.05, 3.63) is 74.4 Å².